The smallest absolute Gasteiger partial charge is 0.313 e. The van der Waals surface area contributed by atoms with Crippen LogP contribution in [0.4, 0.5) is 0 Å². The summed E-state index contributed by atoms with van der Waals surface area (Å²) in [7, 11) is 0. The lowest BCUT2D eigenvalue weighted by atomic mass is 10.2. The SMILES string of the molecule is O=C(CC(=O)OCc1ccccc1)CC(=O)OCc1ccccc1. The molecular weight excluding hydrogens is 308 g/mol. The number of benzene rings is 2. The first kappa shape index (κ1) is 17.4. The van der Waals surface area contributed by atoms with Crippen molar-refractivity contribution >= 4 is 17.7 Å². The predicted octanol–water partition coefficient (Wildman–Crippen LogP) is 2.82. The van der Waals surface area contributed by atoms with Gasteiger partial charge < -0.3 is 9.47 Å². The van der Waals surface area contributed by atoms with Crippen LogP contribution in [0.5, 0.6) is 0 Å². The Morgan fingerprint density at radius 3 is 1.38 bits per heavy atom. The minimum atomic E-state index is -0.653. The first-order valence-corrected chi connectivity index (χ1v) is 7.54. The van der Waals surface area contributed by atoms with Gasteiger partial charge in [-0.05, 0) is 11.1 Å². The van der Waals surface area contributed by atoms with Crippen LogP contribution in [-0.2, 0) is 37.1 Å². The molecule has 2 aromatic carbocycles. The van der Waals surface area contributed by atoms with Crippen molar-refractivity contribution in [3.63, 3.8) is 0 Å². The van der Waals surface area contributed by atoms with E-state index >= 15 is 0 Å². The largest absolute Gasteiger partial charge is 0.460 e. The molecule has 0 saturated heterocycles. The van der Waals surface area contributed by atoms with E-state index in [1.165, 1.54) is 0 Å². The van der Waals surface area contributed by atoms with Crippen molar-refractivity contribution in [2.75, 3.05) is 0 Å². The Labute approximate surface area is 140 Å². The second-order valence-corrected chi connectivity index (χ2v) is 5.18. The van der Waals surface area contributed by atoms with E-state index in [0.29, 0.717) is 0 Å². The Hall–Kier alpha value is -2.95. The van der Waals surface area contributed by atoms with Crippen LogP contribution in [0.15, 0.2) is 60.7 Å². The third-order valence-corrected chi connectivity index (χ3v) is 3.17. The van der Waals surface area contributed by atoms with Gasteiger partial charge in [0.05, 0.1) is 0 Å². The minimum Gasteiger partial charge on any atom is -0.460 e. The second kappa shape index (κ2) is 9.25. The van der Waals surface area contributed by atoms with E-state index < -0.39 is 30.6 Å². The third kappa shape index (κ3) is 6.44. The summed E-state index contributed by atoms with van der Waals surface area (Å²) in [6.45, 7) is 0.205. The highest BCUT2D eigenvalue weighted by atomic mass is 16.5. The number of carbonyl (C=O) groups is 3. The number of carbonyl (C=O) groups excluding carboxylic acids is 3. The molecule has 0 heterocycles. The summed E-state index contributed by atoms with van der Waals surface area (Å²) in [5, 5.41) is 0. The highest BCUT2D eigenvalue weighted by Gasteiger charge is 2.16. The third-order valence-electron chi connectivity index (χ3n) is 3.17. The van der Waals surface area contributed by atoms with Gasteiger partial charge >= 0.3 is 11.9 Å². The molecule has 0 aliphatic rings. The normalized spacial score (nSPS) is 10.0. The number of ketones is 1. The van der Waals surface area contributed by atoms with E-state index in [1.807, 2.05) is 60.7 Å². The maximum absolute atomic E-state index is 11.7. The summed E-state index contributed by atoms with van der Waals surface area (Å²) in [6, 6.07) is 18.3. The van der Waals surface area contributed by atoms with E-state index in [2.05, 4.69) is 0 Å². The summed E-state index contributed by atoms with van der Waals surface area (Å²) in [4.78, 5) is 34.9. The molecule has 0 aliphatic carbocycles. The number of hydrogen-bond donors (Lipinski definition) is 0. The molecule has 124 valence electrons. The Bertz CT molecular complexity index is 620. The zero-order valence-corrected chi connectivity index (χ0v) is 13.1. The van der Waals surface area contributed by atoms with Crippen molar-refractivity contribution < 1.29 is 23.9 Å². The topological polar surface area (TPSA) is 69.7 Å². The molecule has 0 fully saturated rings. The van der Waals surface area contributed by atoms with Crippen LogP contribution >= 0.6 is 0 Å². The molecule has 0 atom stereocenters. The minimum absolute atomic E-state index is 0.103. The van der Waals surface area contributed by atoms with Crippen molar-refractivity contribution in [2.45, 2.75) is 26.1 Å². The zero-order valence-electron chi connectivity index (χ0n) is 13.1. The van der Waals surface area contributed by atoms with Crippen molar-refractivity contribution in [3.05, 3.63) is 71.8 Å². The Kier molecular flexibility index (Phi) is 6.71. The summed E-state index contributed by atoms with van der Waals surface area (Å²) in [6.07, 6.45) is -0.874. The average molecular weight is 326 g/mol. The molecule has 0 radical (unpaired) electrons. The fourth-order valence-electron chi connectivity index (χ4n) is 1.96. The van der Waals surface area contributed by atoms with Crippen molar-refractivity contribution in [3.8, 4) is 0 Å². The number of rotatable bonds is 8. The maximum atomic E-state index is 11.7. The molecule has 24 heavy (non-hydrogen) atoms. The molecular formula is C19H18O5. The zero-order chi connectivity index (χ0) is 17.2. The number of ether oxygens (including phenoxy) is 2. The molecule has 0 spiro atoms. The van der Waals surface area contributed by atoms with Gasteiger partial charge in [0.1, 0.15) is 26.1 Å². The van der Waals surface area contributed by atoms with Gasteiger partial charge in [-0.15, -0.1) is 0 Å². The summed E-state index contributed by atoms with van der Waals surface area (Å²) >= 11 is 0. The molecule has 0 unspecified atom stereocenters. The van der Waals surface area contributed by atoms with Crippen molar-refractivity contribution in [1.29, 1.82) is 0 Å². The Morgan fingerprint density at radius 2 is 1.00 bits per heavy atom. The van der Waals surface area contributed by atoms with Gasteiger partial charge in [-0.2, -0.15) is 0 Å². The number of esters is 2. The maximum Gasteiger partial charge on any atom is 0.313 e. The lowest BCUT2D eigenvalue weighted by Gasteiger charge is -2.06. The van der Waals surface area contributed by atoms with E-state index in [4.69, 9.17) is 9.47 Å². The molecule has 0 amide bonds. The molecule has 5 nitrogen and oxygen atoms in total. The van der Waals surface area contributed by atoms with Gasteiger partial charge in [-0.3, -0.25) is 14.4 Å². The first-order valence-electron chi connectivity index (χ1n) is 7.54. The molecule has 0 bridgehead atoms. The van der Waals surface area contributed by atoms with Crippen molar-refractivity contribution in [1.82, 2.24) is 0 Å². The molecule has 5 heteroatoms. The van der Waals surface area contributed by atoms with Crippen LogP contribution in [-0.4, -0.2) is 17.7 Å². The summed E-state index contributed by atoms with van der Waals surface area (Å²) < 4.78 is 10.00. The van der Waals surface area contributed by atoms with Crippen LogP contribution in [0.3, 0.4) is 0 Å². The highest BCUT2D eigenvalue weighted by molar-refractivity contribution is 6.03. The first-order chi connectivity index (χ1) is 11.6. The fourth-order valence-corrected chi connectivity index (χ4v) is 1.96. The van der Waals surface area contributed by atoms with E-state index in [0.717, 1.165) is 11.1 Å². The molecule has 2 rings (SSSR count). The monoisotopic (exact) mass is 326 g/mol. The summed E-state index contributed by atoms with van der Waals surface area (Å²) in [5.41, 5.74) is 1.67. The van der Waals surface area contributed by atoms with Crippen LogP contribution in [0, 0.1) is 0 Å². The molecule has 2 aromatic rings. The standard InChI is InChI=1S/C19H18O5/c20-17(11-18(21)23-13-15-7-3-1-4-8-15)12-19(22)24-14-16-9-5-2-6-10-16/h1-10H,11-14H2. The molecule has 0 N–H and O–H groups in total. The average Bonchev–Trinajstić information content (AvgIpc) is 2.60. The lowest BCUT2D eigenvalue weighted by Crippen LogP contribution is -2.16. The molecule has 0 aliphatic heterocycles. The van der Waals surface area contributed by atoms with Gasteiger partial charge in [0.25, 0.3) is 0 Å². The van der Waals surface area contributed by atoms with E-state index in [-0.39, 0.29) is 13.2 Å². The van der Waals surface area contributed by atoms with Gasteiger partial charge in [0, 0.05) is 0 Å². The number of Topliss-reactive ketones (excluding diaryl/α,β-unsaturated/α-hetero) is 1. The van der Waals surface area contributed by atoms with Gasteiger partial charge in [0.15, 0.2) is 5.78 Å². The highest BCUT2D eigenvalue weighted by Crippen LogP contribution is 2.05. The fraction of sp³-hybridized carbons (Fsp3) is 0.211. The van der Waals surface area contributed by atoms with E-state index in [1.54, 1.807) is 0 Å². The number of hydrogen-bond acceptors (Lipinski definition) is 5. The lowest BCUT2D eigenvalue weighted by molar-refractivity contribution is -0.150. The molecule has 0 aromatic heterocycles. The Morgan fingerprint density at radius 1 is 0.625 bits per heavy atom. The van der Waals surface area contributed by atoms with Gasteiger partial charge in [-0.1, -0.05) is 60.7 Å². The van der Waals surface area contributed by atoms with Crippen LogP contribution in [0.25, 0.3) is 0 Å². The van der Waals surface area contributed by atoms with Gasteiger partial charge in [0.2, 0.25) is 0 Å². The van der Waals surface area contributed by atoms with Gasteiger partial charge in [-0.25, -0.2) is 0 Å². The van der Waals surface area contributed by atoms with Crippen molar-refractivity contribution in [2.24, 2.45) is 0 Å². The van der Waals surface area contributed by atoms with E-state index in [9.17, 15) is 14.4 Å². The quantitative estimate of drug-likeness (QED) is 0.551. The Balaban J connectivity index is 1.66. The molecule has 0 saturated carbocycles. The summed E-state index contributed by atoms with van der Waals surface area (Å²) in [5.74, 6) is -1.83. The van der Waals surface area contributed by atoms with Crippen LogP contribution in [0.2, 0.25) is 0 Å². The van der Waals surface area contributed by atoms with Crippen LogP contribution < -0.4 is 0 Å². The van der Waals surface area contributed by atoms with Crippen LogP contribution in [0.1, 0.15) is 24.0 Å². The second-order valence-electron chi connectivity index (χ2n) is 5.18. The predicted molar refractivity (Wildman–Crippen MR) is 86.7 cm³/mol.